The van der Waals surface area contributed by atoms with E-state index in [0.717, 1.165) is 54.8 Å². The monoisotopic (exact) mass is 402 g/mol. The molecule has 2 heterocycles. The summed E-state index contributed by atoms with van der Waals surface area (Å²) in [5.41, 5.74) is 0.874. The molecule has 0 bridgehead atoms. The maximum atomic E-state index is 5.78. The van der Waals surface area contributed by atoms with Crippen molar-refractivity contribution in [3.63, 3.8) is 0 Å². The van der Waals surface area contributed by atoms with E-state index in [0.29, 0.717) is 32.3 Å². The Morgan fingerprint density at radius 3 is 2.83 bits per heavy atom. The van der Waals surface area contributed by atoms with Gasteiger partial charge in [0.2, 0.25) is 0 Å². The summed E-state index contributed by atoms with van der Waals surface area (Å²) in [5, 5.41) is 15.0. The Morgan fingerprint density at radius 1 is 1.24 bits per heavy atom. The van der Waals surface area contributed by atoms with E-state index in [-0.39, 0.29) is 0 Å². The normalized spacial score (nSPS) is 13.8. The minimum absolute atomic E-state index is 0.419. The number of nitrogens with one attached hydrogen (secondary N) is 2. The maximum absolute atomic E-state index is 5.78. The Hall–Kier alpha value is -2.81. The van der Waals surface area contributed by atoms with Crippen LogP contribution >= 0.6 is 0 Å². The van der Waals surface area contributed by atoms with E-state index < -0.39 is 0 Å². The van der Waals surface area contributed by atoms with Crippen LogP contribution in [0.25, 0.3) is 0 Å². The van der Waals surface area contributed by atoms with Crippen LogP contribution in [0, 0.1) is 6.92 Å². The maximum Gasteiger partial charge on any atom is 0.196 e. The number of nitrogens with zero attached hydrogens (tertiary/aromatic N) is 4. The molecule has 0 fully saturated rings. The van der Waals surface area contributed by atoms with Gasteiger partial charge in [0.05, 0.1) is 13.2 Å². The molecule has 3 rings (SSSR count). The van der Waals surface area contributed by atoms with Gasteiger partial charge in [0, 0.05) is 45.0 Å². The molecule has 0 amide bonds. The molecule has 0 unspecified atom stereocenters. The minimum atomic E-state index is 0.419. The number of fused-ring (bicyclic) bond motifs is 1. The number of rotatable bonds is 8. The number of benzene rings is 1. The fourth-order valence-electron chi connectivity index (χ4n) is 2.78. The van der Waals surface area contributed by atoms with Gasteiger partial charge in [0.15, 0.2) is 23.3 Å². The molecule has 0 saturated heterocycles. The first-order chi connectivity index (χ1) is 14.2. The van der Waals surface area contributed by atoms with Crippen LogP contribution in [0.5, 0.6) is 11.5 Å². The predicted molar refractivity (Wildman–Crippen MR) is 112 cm³/mol. The van der Waals surface area contributed by atoms with Gasteiger partial charge in [-0.2, -0.15) is 0 Å². The number of ether oxygens (including phenoxy) is 3. The van der Waals surface area contributed by atoms with Crippen molar-refractivity contribution in [3.8, 4) is 11.5 Å². The van der Waals surface area contributed by atoms with E-state index in [1.54, 1.807) is 0 Å². The summed E-state index contributed by atoms with van der Waals surface area (Å²) in [6.07, 6.45) is 1.77. The molecule has 0 saturated carbocycles. The number of guanidine groups is 1. The molecular formula is C20H30N6O3. The summed E-state index contributed by atoms with van der Waals surface area (Å²) in [6.45, 7) is 7.84. The van der Waals surface area contributed by atoms with Gasteiger partial charge in [-0.05, 0) is 32.4 Å². The highest BCUT2D eigenvalue weighted by Crippen LogP contribution is 2.32. The summed E-state index contributed by atoms with van der Waals surface area (Å²) in [5.74, 6) is 3.84. The van der Waals surface area contributed by atoms with E-state index in [1.165, 1.54) is 0 Å². The van der Waals surface area contributed by atoms with E-state index in [1.807, 2.05) is 43.7 Å². The summed E-state index contributed by atoms with van der Waals surface area (Å²) < 4.78 is 18.8. The highest BCUT2D eigenvalue weighted by Gasteiger charge is 2.12. The Morgan fingerprint density at radius 2 is 2.07 bits per heavy atom. The molecule has 2 aromatic rings. The zero-order chi connectivity index (χ0) is 20.5. The molecule has 0 radical (unpaired) electrons. The number of aliphatic imine (C=N–C) groups is 1. The van der Waals surface area contributed by atoms with E-state index in [2.05, 4.69) is 25.8 Å². The Kier molecular flexibility index (Phi) is 7.69. The number of aromatic nitrogens is 3. The molecule has 2 N–H and O–H groups in total. The summed E-state index contributed by atoms with van der Waals surface area (Å²) >= 11 is 0. The number of aryl methyl sites for hydroxylation is 1. The second kappa shape index (κ2) is 10.7. The van der Waals surface area contributed by atoms with Crippen molar-refractivity contribution in [2.24, 2.45) is 12.0 Å². The molecule has 158 valence electrons. The van der Waals surface area contributed by atoms with Gasteiger partial charge < -0.3 is 29.4 Å². The smallest absolute Gasteiger partial charge is 0.196 e. The van der Waals surface area contributed by atoms with Crippen molar-refractivity contribution >= 4 is 11.6 Å². The zero-order valence-corrected chi connectivity index (χ0v) is 17.4. The van der Waals surface area contributed by atoms with Gasteiger partial charge >= 0.3 is 0 Å². The average Bonchev–Trinajstić information content (AvgIpc) is 2.92. The fraction of sp³-hybridized carbons (Fsp3) is 0.550. The standard InChI is InChI=1S/C20H30N6O3/c1-4-27-10-5-9-21-20(22-14-19-25-24-15(2)26(19)3)23-16-7-8-17-18(13-16)29-12-6-11-28-17/h7-8,13H,4-6,9-12,14H2,1-3H3,(H2,21,22,23). The Bertz CT molecular complexity index is 821. The van der Waals surface area contributed by atoms with E-state index >= 15 is 0 Å². The van der Waals surface area contributed by atoms with Crippen molar-refractivity contribution in [2.75, 3.05) is 38.3 Å². The largest absolute Gasteiger partial charge is 0.490 e. The molecule has 1 aromatic carbocycles. The van der Waals surface area contributed by atoms with Crippen LogP contribution in [0.2, 0.25) is 0 Å². The molecule has 9 nitrogen and oxygen atoms in total. The van der Waals surface area contributed by atoms with Crippen LogP contribution in [-0.4, -0.2) is 53.7 Å². The van der Waals surface area contributed by atoms with Crippen molar-refractivity contribution in [1.82, 2.24) is 20.1 Å². The Labute approximate surface area is 171 Å². The molecule has 0 aliphatic carbocycles. The third-order valence-electron chi connectivity index (χ3n) is 4.53. The van der Waals surface area contributed by atoms with Gasteiger partial charge in [-0.25, -0.2) is 4.99 Å². The minimum Gasteiger partial charge on any atom is -0.490 e. The zero-order valence-electron chi connectivity index (χ0n) is 17.4. The van der Waals surface area contributed by atoms with Crippen molar-refractivity contribution in [3.05, 3.63) is 29.8 Å². The van der Waals surface area contributed by atoms with Gasteiger partial charge in [0.1, 0.15) is 12.4 Å². The van der Waals surface area contributed by atoms with Gasteiger partial charge in [-0.15, -0.1) is 10.2 Å². The van der Waals surface area contributed by atoms with Gasteiger partial charge in [-0.3, -0.25) is 0 Å². The Balaban J connectivity index is 1.69. The molecule has 1 aliphatic rings. The van der Waals surface area contributed by atoms with Crippen LogP contribution in [-0.2, 0) is 18.3 Å². The molecule has 29 heavy (non-hydrogen) atoms. The molecule has 9 heteroatoms. The fourth-order valence-corrected chi connectivity index (χ4v) is 2.78. The van der Waals surface area contributed by atoms with Crippen LogP contribution in [0.15, 0.2) is 23.2 Å². The molecule has 0 atom stereocenters. The lowest BCUT2D eigenvalue weighted by Gasteiger charge is -2.14. The van der Waals surface area contributed by atoms with Crippen molar-refractivity contribution in [2.45, 2.75) is 33.2 Å². The third kappa shape index (κ3) is 6.08. The lowest BCUT2D eigenvalue weighted by Crippen LogP contribution is -2.32. The SMILES string of the molecule is CCOCCCNC(=NCc1nnc(C)n1C)Nc1ccc2c(c1)OCCCO2. The first-order valence-electron chi connectivity index (χ1n) is 10.0. The van der Waals surface area contributed by atoms with E-state index in [4.69, 9.17) is 14.2 Å². The second-order valence-electron chi connectivity index (χ2n) is 6.70. The molecule has 1 aromatic heterocycles. The summed E-state index contributed by atoms with van der Waals surface area (Å²) in [7, 11) is 1.94. The number of anilines is 1. The first-order valence-corrected chi connectivity index (χ1v) is 10.0. The highest BCUT2D eigenvalue weighted by molar-refractivity contribution is 5.93. The van der Waals surface area contributed by atoms with Crippen LogP contribution in [0.1, 0.15) is 31.4 Å². The van der Waals surface area contributed by atoms with E-state index in [9.17, 15) is 0 Å². The second-order valence-corrected chi connectivity index (χ2v) is 6.70. The van der Waals surface area contributed by atoms with Crippen LogP contribution < -0.4 is 20.1 Å². The molecular weight excluding hydrogens is 372 g/mol. The highest BCUT2D eigenvalue weighted by atomic mass is 16.5. The van der Waals surface area contributed by atoms with Crippen molar-refractivity contribution < 1.29 is 14.2 Å². The van der Waals surface area contributed by atoms with Gasteiger partial charge in [-0.1, -0.05) is 0 Å². The third-order valence-corrected chi connectivity index (χ3v) is 4.53. The summed E-state index contributed by atoms with van der Waals surface area (Å²) in [4.78, 5) is 4.67. The molecule has 1 aliphatic heterocycles. The van der Waals surface area contributed by atoms with Crippen LogP contribution in [0.3, 0.4) is 0 Å². The lowest BCUT2D eigenvalue weighted by molar-refractivity contribution is 0.146. The summed E-state index contributed by atoms with van der Waals surface area (Å²) in [6, 6.07) is 5.81. The van der Waals surface area contributed by atoms with Crippen molar-refractivity contribution in [1.29, 1.82) is 0 Å². The van der Waals surface area contributed by atoms with Crippen LogP contribution in [0.4, 0.5) is 5.69 Å². The topological polar surface area (TPSA) is 94.8 Å². The average molecular weight is 402 g/mol. The lowest BCUT2D eigenvalue weighted by atomic mass is 10.2. The number of hydrogen-bond acceptors (Lipinski definition) is 6. The predicted octanol–water partition coefficient (Wildman–Crippen LogP) is 2.27. The quantitative estimate of drug-likeness (QED) is 0.397. The van der Waals surface area contributed by atoms with Gasteiger partial charge in [0.25, 0.3) is 0 Å². The number of hydrogen-bond donors (Lipinski definition) is 2. The first kappa shape index (κ1) is 20.9. The molecule has 0 spiro atoms.